The predicted octanol–water partition coefficient (Wildman–Crippen LogP) is 1.85. The smallest absolute Gasteiger partial charge is 0.184 e. The molecule has 1 aliphatic heterocycles. The summed E-state index contributed by atoms with van der Waals surface area (Å²) < 4.78 is 6.04. The molecule has 1 saturated carbocycles. The van der Waals surface area contributed by atoms with Crippen molar-refractivity contribution in [1.82, 2.24) is 4.98 Å². The van der Waals surface area contributed by atoms with Crippen molar-refractivity contribution in [2.45, 2.75) is 6.04 Å². The Hall–Kier alpha value is -0.320. The molecule has 70 valence electrons. The van der Waals surface area contributed by atoms with Crippen LogP contribution in [0.5, 0.6) is 0 Å². The first-order valence-corrected chi connectivity index (χ1v) is 5.49. The van der Waals surface area contributed by atoms with Gasteiger partial charge in [-0.2, -0.15) is 0 Å². The first-order valence-electron chi connectivity index (χ1n) is 4.30. The second-order valence-electron chi connectivity index (χ2n) is 3.50. The summed E-state index contributed by atoms with van der Waals surface area (Å²) in [6.45, 7) is 1.81. The van der Waals surface area contributed by atoms with Gasteiger partial charge in [-0.1, -0.05) is 22.9 Å². The van der Waals surface area contributed by atoms with Crippen LogP contribution in [0.15, 0.2) is 6.20 Å². The number of halogens is 1. The molecule has 0 radical (unpaired) electrons. The largest absolute Gasteiger partial charge is 0.381 e. The lowest BCUT2D eigenvalue weighted by molar-refractivity contribution is 0.162. The molecule has 1 aliphatic carbocycles. The van der Waals surface area contributed by atoms with Crippen LogP contribution in [0.1, 0.15) is 0 Å². The highest BCUT2D eigenvalue weighted by Crippen LogP contribution is 2.46. The molecule has 1 N–H and O–H groups in total. The van der Waals surface area contributed by atoms with Crippen LogP contribution in [0.25, 0.3) is 0 Å². The number of anilines is 1. The quantitative estimate of drug-likeness (QED) is 0.820. The molecular weight excluding hydrogens is 208 g/mol. The van der Waals surface area contributed by atoms with Gasteiger partial charge in [-0.05, 0) is 0 Å². The minimum atomic E-state index is 0.580. The molecule has 0 unspecified atom stereocenters. The fourth-order valence-electron chi connectivity index (χ4n) is 1.92. The van der Waals surface area contributed by atoms with Crippen molar-refractivity contribution < 1.29 is 4.74 Å². The van der Waals surface area contributed by atoms with Crippen LogP contribution in [-0.2, 0) is 4.74 Å². The van der Waals surface area contributed by atoms with E-state index < -0.39 is 0 Å². The summed E-state index contributed by atoms with van der Waals surface area (Å²) in [4.78, 5) is 4.16. The average molecular weight is 217 g/mol. The molecule has 0 aromatic carbocycles. The fraction of sp³-hybridized carbons (Fsp3) is 0.625. The first kappa shape index (κ1) is 8.03. The van der Waals surface area contributed by atoms with Crippen LogP contribution in [-0.4, -0.2) is 24.2 Å². The van der Waals surface area contributed by atoms with Crippen molar-refractivity contribution >= 4 is 28.1 Å². The van der Waals surface area contributed by atoms with Gasteiger partial charge in [0.15, 0.2) is 5.13 Å². The Balaban J connectivity index is 1.65. The van der Waals surface area contributed by atoms with E-state index in [-0.39, 0.29) is 0 Å². The van der Waals surface area contributed by atoms with E-state index in [0.29, 0.717) is 17.9 Å². The van der Waals surface area contributed by atoms with Crippen molar-refractivity contribution in [2.24, 2.45) is 11.8 Å². The minimum Gasteiger partial charge on any atom is -0.381 e. The van der Waals surface area contributed by atoms with E-state index in [4.69, 9.17) is 16.3 Å². The van der Waals surface area contributed by atoms with Crippen LogP contribution >= 0.6 is 22.9 Å². The third-order valence-electron chi connectivity index (χ3n) is 2.72. The molecule has 2 atom stereocenters. The van der Waals surface area contributed by atoms with Gasteiger partial charge in [0.05, 0.1) is 19.4 Å². The van der Waals surface area contributed by atoms with Crippen LogP contribution < -0.4 is 5.32 Å². The molecule has 0 bridgehead atoms. The van der Waals surface area contributed by atoms with E-state index in [1.807, 2.05) is 0 Å². The summed E-state index contributed by atoms with van der Waals surface area (Å²) in [5.74, 6) is 1.42. The average Bonchev–Trinajstić information content (AvgIpc) is 2.58. The summed E-state index contributed by atoms with van der Waals surface area (Å²) in [6, 6.07) is 0.580. The van der Waals surface area contributed by atoms with Gasteiger partial charge in [0, 0.05) is 17.9 Å². The number of ether oxygens (including phenoxy) is 1. The Morgan fingerprint density at radius 1 is 1.54 bits per heavy atom. The molecular formula is C8H9ClN2OS. The molecule has 1 saturated heterocycles. The molecule has 2 heterocycles. The normalized spacial score (nSPS) is 35.9. The summed E-state index contributed by atoms with van der Waals surface area (Å²) in [6.07, 6.45) is 1.68. The number of nitrogens with zero attached hydrogens (tertiary/aromatic N) is 1. The van der Waals surface area contributed by atoms with Gasteiger partial charge in [0.25, 0.3) is 0 Å². The molecule has 13 heavy (non-hydrogen) atoms. The number of thiazole rings is 1. The van der Waals surface area contributed by atoms with Crippen molar-refractivity contribution in [3.63, 3.8) is 0 Å². The van der Waals surface area contributed by atoms with Crippen LogP contribution in [0, 0.1) is 11.8 Å². The number of rotatable bonds is 2. The van der Waals surface area contributed by atoms with Gasteiger partial charge in [-0.15, -0.1) is 0 Å². The monoisotopic (exact) mass is 216 g/mol. The van der Waals surface area contributed by atoms with Crippen LogP contribution in [0.3, 0.4) is 0 Å². The molecule has 5 heteroatoms. The summed E-state index contributed by atoms with van der Waals surface area (Å²) >= 11 is 7.27. The lowest BCUT2D eigenvalue weighted by atomic mass is 10.4. The SMILES string of the molecule is Clc1cnc(NC2[C@H]3COC[C@H]23)s1. The maximum Gasteiger partial charge on any atom is 0.184 e. The zero-order valence-electron chi connectivity index (χ0n) is 6.87. The molecule has 3 rings (SSSR count). The maximum absolute atomic E-state index is 5.78. The summed E-state index contributed by atoms with van der Waals surface area (Å²) in [7, 11) is 0. The van der Waals surface area contributed by atoms with Crippen molar-refractivity contribution in [1.29, 1.82) is 0 Å². The lowest BCUT2D eigenvalue weighted by Crippen LogP contribution is -2.12. The zero-order chi connectivity index (χ0) is 8.84. The Morgan fingerprint density at radius 3 is 2.92 bits per heavy atom. The van der Waals surface area contributed by atoms with Gasteiger partial charge in [-0.3, -0.25) is 0 Å². The zero-order valence-corrected chi connectivity index (χ0v) is 8.44. The molecule has 2 aliphatic rings. The minimum absolute atomic E-state index is 0.580. The third kappa shape index (κ3) is 1.33. The Labute approximate surface area is 85.1 Å². The Bertz CT molecular complexity index is 320. The second kappa shape index (κ2) is 2.83. The Morgan fingerprint density at radius 2 is 2.31 bits per heavy atom. The van der Waals surface area contributed by atoms with Gasteiger partial charge in [0.2, 0.25) is 0 Å². The van der Waals surface area contributed by atoms with Gasteiger partial charge >= 0.3 is 0 Å². The van der Waals surface area contributed by atoms with Crippen molar-refractivity contribution in [3.8, 4) is 0 Å². The molecule has 3 nitrogen and oxygen atoms in total. The number of fused-ring (bicyclic) bond motifs is 1. The molecule has 1 aromatic rings. The van der Waals surface area contributed by atoms with Crippen LogP contribution in [0.4, 0.5) is 5.13 Å². The number of hydrogen-bond donors (Lipinski definition) is 1. The highest BCUT2D eigenvalue weighted by atomic mass is 35.5. The van der Waals surface area contributed by atoms with Crippen molar-refractivity contribution in [3.05, 3.63) is 10.5 Å². The first-order chi connectivity index (χ1) is 6.34. The number of aromatic nitrogens is 1. The number of hydrogen-bond acceptors (Lipinski definition) is 4. The standard InChI is InChI=1S/C8H9ClN2OS/c9-6-1-10-8(13-6)11-7-4-2-12-3-5(4)7/h1,4-5,7H,2-3H2,(H,10,11)/t4-,5-/m0/s1. The lowest BCUT2D eigenvalue weighted by Gasteiger charge is -2.04. The second-order valence-corrected chi connectivity index (χ2v) is 5.17. The van der Waals surface area contributed by atoms with E-state index in [1.165, 1.54) is 11.3 Å². The van der Waals surface area contributed by atoms with E-state index in [9.17, 15) is 0 Å². The summed E-state index contributed by atoms with van der Waals surface area (Å²) in [5.41, 5.74) is 0. The topological polar surface area (TPSA) is 34.2 Å². The maximum atomic E-state index is 5.78. The third-order valence-corrected chi connectivity index (χ3v) is 3.77. The molecule has 0 spiro atoms. The Kier molecular flexibility index (Phi) is 1.75. The van der Waals surface area contributed by atoms with Crippen LogP contribution in [0.2, 0.25) is 4.34 Å². The van der Waals surface area contributed by atoms with E-state index in [0.717, 1.165) is 22.7 Å². The van der Waals surface area contributed by atoms with E-state index in [2.05, 4.69) is 10.3 Å². The highest BCUT2D eigenvalue weighted by molar-refractivity contribution is 7.19. The fourth-order valence-corrected chi connectivity index (χ4v) is 2.78. The summed E-state index contributed by atoms with van der Waals surface area (Å²) in [5, 5.41) is 4.32. The molecule has 0 amide bonds. The molecule has 2 fully saturated rings. The van der Waals surface area contributed by atoms with Gasteiger partial charge in [0.1, 0.15) is 4.34 Å². The van der Waals surface area contributed by atoms with E-state index >= 15 is 0 Å². The van der Waals surface area contributed by atoms with E-state index in [1.54, 1.807) is 6.20 Å². The van der Waals surface area contributed by atoms with Gasteiger partial charge < -0.3 is 10.1 Å². The predicted molar refractivity (Wildman–Crippen MR) is 52.3 cm³/mol. The van der Waals surface area contributed by atoms with Gasteiger partial charge in [-0.25, -0.2) is 4.98 Å². The molecule has 1 aromatic heterocycles. The number of nitrogens with one attached hydrogen (secondary N) is 1. The van der Waals surface area contributed by atoms with Crippen molar-refractivity contribution in [2.75, 3.05) is 18.5 Å². The highest BCUT2D eigenvalue weighted by Gasteiger charge is 2.54.